The lowest BCUT2D eigenvalue weighted by molar-refractivity contribution is -0.139. The number of amides is 2. The van der Waals surface area contributed by atoms with Gasteiger partial charge >= 0.3 is 5.97 Å². The molecule has 1 N–H and O–H groups in total. The third-order valence-electron chi connectivity index (χ3n) is 4.08. The molecule has 1 heterocycles. The zero-order chi connectivity index (χ0) is 21.7. The van der Waals surface area contributed by atoms with Crippen LogP contribution in [0.25, 0.3) is 6.08 Å². The smallest absolute Gasteiger partial charge is 0.341 e. The van der Waals surface area contributed by atoms with Gasteiger partial charge in [0, 0.05) is 5.56 Å². The van der Waals surface area contributed by atoms with E-state index in [1.54, 1.807) is 25.1 Å². The van der Waals surface area contributed by atoms with Crippen molar-refractivity contribution < 1.29 is 33.4 Å². The number of carboxylic acids is 1. The third kappa shape index (κ3) is 4.98. The van der Waals surface area contributed by atoms with E-state index in [9.17, 15) is 18.8 Å². The number of carboxylic acid groups (broad SMARTS) is 1. The molecule has 0 aromatic heterocycles. The van der Waals surface area contributed by atoms with E-state index in [-0.39, 0.29) is 22.8 Å². The highest BCUT2D eigenvalue weighted by atomic mass is 32.2. The predicted molar refractivity (Wildman–Crippen MR) is 109 cm³/mol. The van der Waals surface area contributed by atoms with Gasteiger partial charge in [-0.1, -0.05) is 24.3 Å². The first-order valence-electron chi connectivity index (χ1n) is 8.99. The maximum atomic E-state index is 13.9. The maximum absolute atomic E-state index is 13.9. The summed E-state index contributed by atoms with van der Waals surface area (Å²) in [4.78, 5) is 36.8. The molecule has 156 valence electrons. The number of thioether (sulfide) groups is 1. The molecule has 0 bridgehead atoms. The Morgan fingerprint density at radius 2 is 1.93 bits per heavy atom. The van der Waals surface area contributed by atoms with Gasteiger partial charge in [0.2, 0.25) is 0 Å². The lowest BCUT2D eigenvalue weighted by Crippen LogP contribution is -2.27. The molecule has 0 unspecified atom stereocenters. The number of ether oxygens (including phenoxy) is 2. The van der Waals surface area contributed by atoms with Gasteiger partial charge in [0.25, 0.3) is 11.1 Å². The van der Waals surface area contributed by atoms with E-state index in [1.807, 2.05) is 0 Å². The summed E-state index contributed by atoms with van der Waals surface area (Å²) in [5, 5.41) is 8.28. The van der Waals surface area contributed by atoms with E-state index in [1.165, 1.54) is 30.3 Å². The Balaban J connectivity index is 1.81. The predicted octanol–water partition coefficient (Wildman–Crippen LogP) is 3.92. The number of hydrogen-bond donors (Lipinski definition) is 1. The molecule has 2 amide bonds. The normalized spacial score (nSPS) is 15.0. The monoisotopic (exact) mass is 431 g/mol. The molecule has 0 atom stereocenters. The molecule has 2 aromatic rings. The minimum atomic E-state index is -1.12. The van der Waals surface area contributed by atoms with E-state index in [0.29, 0.717) is 17.9 Å². The Hall–Kier alpha value is -3.33. The van der Waals surface area contributed by atoms with Crippen LogP contribution in [0.15, 0.2) is 47.4 Å². The van der Waals surface area contributed by atoms with E-state index in [0.717, 1.165) is 16.7 Å². The van der Waals surface area contributed by atoms with Gasteiger partial charge in [-0.25, -0.2) is 9.18 Å². The standard InChI is InChI=1S/C21H18FNO6S/c1-2-28-17-9-13(7-8-16(17)29-12-19(24)25)10-18-20(26)23(21(27)30-18)11-14-5-3-4-6-15(14)22/h3-10H,2,11-12H2,1H3,(H,24,25)/b18-10+. The number of imide groups is 1. The molecule has 0 aliphatic carbocycles. The highest BCUT2D eigenvalue weighted by molar-refractivity contribution is 8.18. The SMILES string of the molecule is CCOc1cc(/C=C2/SC(=O)N(Cc3ccccc3F)C2=O)ccc1OCC(=O)O. The zero-order valence-electron chi connectivity index (χ0n) is 16.0. The van der Waals surface area contributed by atoms with E-state index in [2.05, 4.69) is 0 Å². The second-order valence-electron chi connectivity index (χ2n) is 6.18. The molecule has 2 aromatic carbocycles. The van der Waals surface area contributed by atoms with Crippen molar-refractivity contribution in [3.05, 3.63) is 64.3 Å². The molecule has 1 fully saturated rings. The summed E-state index contributed by atoms with van der Waals surface area (Å²) in [5.41, 5.74) is 0.817. The molecule has 3 rings (SSSR count). The van der Waals surface area contributed by atoms with Gasteiger partial charge in [-0.3, -0.25) is 14.5 Å². The van der Waals surface area contributed by atoms with Gasteiger partial charge in [-0.05, 0) is 48.5 Å². The fourth-order valence-corrected chi connectivity index (χ4v) is 3.56. The van der Waals surface area contributed by atoms with Crippen molar-refractivity contribution in [2.75, 3.05) is 13.2 Å². The number of rotatable bonds is 8. The van der Waals surface area contributed by atoms with Crippen LogP contribution in [0.5, 0.6) is 11.5 Å². The summed E-state index contributed by atoms with van der Waals surface area (Å²) in [6, 6.07) is 10.7. The summed E-state index contributed by atoms with van der Waals surface area (Å²) < 4.78 is 24.5. The Morgan fingerprint density at radius 1 is 1.17 bits per heavy atom. The quantitative estimate of drug-likeness (QED) is 0.633. The van der Waals surface area contributed by atoms with Crippen LogP contribution in [-0.2, 0) is 16.1 Å². The molecule has 1 saturated heterocycles. The number of nitrogens with zero attached hydrogens (tertiary/aromatic N) is 1. The molecule has 30 heavy (non-hydrogen) atoms. The maximum Gasteiger partial charge on any atom is 0.341 e. The van der Waals surface area contributed by atoms with Crippen molar-refractivity contribution in [3.8, 4) is 11.5 Å². The van der Waals surface area contributed by atoms with Crippen molar-refractivity contribution in [2.45, 2.75) is 13.5 Å². The van der Waals surface area contributed by atoms with Crippen molar-refractivity contribution in [1.82, 2.24) is 4.90 Å². The van der Waals surface area contributed by atoms with Crippen LogP contribution in [-0.4, -0.2) is 40.3 Å². The van der Waals surface area contributed by atoms with Gasteiger partial charge in [0.15, 0.2) is 18.1 Å². The summed E-state index contributed by atoms with van der Waals surface area (Å²) in [5.74, 6) is -1.55. The summed E-state index contributed by atoms with van der Waals surface area (Å²) in [6.07, 6.45) is 1.52. The number of aliphatic carboxylic acids is 1. The van der Waals surface area contributed by atoms with Gasteiger partial charge < -0.3 is 14.6 Å². The second kappa shape index (κ2) is 9.45. The van der Waals surface area contributed by atoms with Gasteiger partial charge in [0.05, 0.1) is 18.1 Å². The third-order valence-corrected chi connectivity index (χ3v) is 4.98. The molecule has 0 radical (unpaired) electrons. The first kappa shape index (κ1) is 21.4. The van der Waals surface area contributed by atoms with Gasteiger partial charge in [-0.2, -0.15) is 0 Å². The van der Waals surface area contributed by atoms with E-state index in [4.69, 9.17) is 14.6 Å². The first-order valence-corrected chi connectivity index (χ1v) is 9.81. The topological polar surface area (TPSA) is 93.1 Å². The fraction of sp³-hybridized carbons (Fsp3) is 0.190. The molecular formula is C21H18FNO6S. The van der Waals surface area contributed by atoms with Crippen LogP contribution in [0.4, 0.5) is 9.18 Å². The van der Waals surface area contributed by atoms with Crippen LogP contribution in [0, 0.1) is 5.82 Å². The van der Waals surface area contributed by atoms with Crippen LogP contribution in [0.1, 0.15) is 18.1 Å². The second-order valence-corrected chi connectivity index (χ2v) is 7.17. The number of carbonyl (C=O) groups is 3. The minimum Gasteiger partial charge on any atom is -0.490 e. The number of hydrogen-bond acceptors (Lipinski definition) is 6. The van der Waals surface area contributed by atoms with E-state index < -0.39 is 29.5 Å². The average Bonchev–Trinajstić information content (AvgIpc) is 2.96. The van der Waals surface area contributed by atoms with Crippen molar-refractivity contribution in [3.63, 3.8) is 0 Å². The number of benzene rings is 2. The molecule has 0 spiro atoms. The van der Waals surface area contributed by atoms with Crippen molar-refractivity contribution >= 4 is 35.0 Å². The summed E-state index contributed by atoms with van der Waals surface area (Å²) >= 11 is 0.766. The summed E-state index contributed by atoms with van der Waals surface area (Å²) in [6.45, 7) is 1.42. The average molecular weight is 431 g/mol. The molecule has 1 aliphatic heterocycles. The summed E-state index contributed by atoms with van der Waals surface area (Å²) in [7, 11) is 0. The molecule has 0 saturated carbocycles. The Morgan fingerprint density at radius 3 is 2.63 bits per heavy atom. The largest absolute Gasteiger partial charge is 0.490 e. The van der Waals surface area contributed by atoms with Crippen LogP contribution < -0.4 is 9.47 Å². The Bertz CT molecular complexity index is 1020. The Labute approximate surface area is 176 Å². The number of halogens is 1. The van der Waals surface area contributed by atoms with Crippen molar-refractivity contribution in [1.29, 1.82) is 0 Å². The zero-order valence-corrected chi connectivity index (χ0v) is 16.8. The van der Waals surface area contributed by atoms with Crippen LogP contribution >= 0.6 is 11.8 Å². The highest BCUT2D eigenvalue weighted by Crippen LogP contribution is 2.35. The van der Waals surface area contributed by atoms with Crippen molar-refractivity contribution in [2.24, 2.45) is 0 Å². The van der Waals surface area contributed by atoms with Crippen LogP contribution in [0.2, 0.25) is 0 Å². The molecule has 9 heteroatoms. The first-order chi connectivity index (χ1) is 14.4. The molecular weight excluding hydrogens is 413 g/mol. The molecule has 7 nitrogen and oxygen atoms in total. The fourth-order valence-electron chi connectivity index (χ4n) is 2.73. The molecule has 1 aliphatic rings. The van der Waals surface area contributed by atoms with Crippen LogP contribution in [0.3, 0.4) is 0 Å². The van der Waals surface area contributed by atoms with E-state index >= 15 is 0 Å². The minimum absolute atomic E-state index is 0.152. The lowest BCUT2D eigenvalue weighted by Gasteiger charge is -2.13. The van der Waals surface area contributed by atoms with Gasteiger partial charge in [-0.15, -0.1) is 0 Å². The highest BCUT2D eigenvalue weighted by Gasteiger charge is 2.35. The van der Waals surface area contributed by atoms with Gasteiger partial charge in [0.1, 0.15) is 5.82 Å². The number of carbonyl (C=O) groups excluding carboxylic acids is 2. The lowest BCUT2D eigenvalue weighted by atomic mass is 10.1. The Kier molecular flexibility index (Phi) is 6.73.